The number of amides is 1. The maximum atomic E-state index is 12.9. The van der Waals surface area contributed by atoms with E-state index in [9.17, 15) is 4.79 Å². The summed E-state index contributed by atoms with van der Waals surface area (Å²) in [7, 11) is 1.79. The van der Waals surface area contributed by atoms with E-state index in [2.05, 4.69) is 70.9 Å². The number of hydrogen-bond donors (Lipinski definition) is 1. The molecule has 1 N–H and O–H groups in total. The average Bonchev–Trinajstić information content (AvgIpc) is 3.48. The van der Waals surface area contributed by atoms with Crippen molar-refractivity contribution >= 4 is 23.3 Å². The van der Waals surface area contributed by atoms with Crippen LogP contribution in [-0.4, -0.2) is 43.7 Å². The first kappa shape index (κ1) is 22.1. The average molecular weight is 459 g/mol. The summed E-state index contributed by atoms with van der Waals surface area (Å²) in [4.78, 5) is 15.4. The molecule has 2 aromatic carbocycles. The van der Waals surface area contributed by atoms with E-state index >= 15 is 0 Å². The lowest BCUT2D eigenvalue weighted by Gasteiger charge is -2.44. The highest BCUT2D eigenvalue weighted by atomic mass is 32.1. The number of carbonyl (C=O) groups is 1. The molecule has 0 radical (unpaired) electrons. The van der Waals surface area contributed by atoms with Gasteiger partial charge in [0.15, 0.2) is 0 Å². The Labute approximate surface area is 199 Å². The summed E-state index contributed by atoms with van der Waals surface area (Å²) in [5.74, 6) is -0.0290. The zero-order chi connectivity index (χ0) is 22.7. The van der Waals surface area contributed by atoms with Crippen LogP contribution in [0.5, 0.6) is 0 Å². The van der Waals surface area contributed by atoms with E-state index in [0.717, 1.165) is 32.5 Å². The first-order valence-electron chi connectivity index (χ1n) is 11.6. The summed E-state index contributed by atoms with van der Waals surface area (Å²) in [6.07, 6.45) is 6.43. The minimum atomic E-state index is -0.136. The Bertz CT molecular complexity index is 1100. The van der Waals surface area contributed by atoms with E-state index in [0.29, 0.717) is 5.56 Å². The van der Waals surface area contributed by atoms with Gasteiger partial charge in [0.25, 0.3) is 5.91 Å². The molecule has 33 heavy (non-hydrogen) atoms. The van der Waals surface area contributed by atoms with Gasteiger partial charge in [0, 0.05) is 24.4 Å². The monoisotopic (exact) mass is 458 g/mol. The lowest BCUT2D eigenvalue weighted by Crippen LogP contribution is -2.50. The molecule has 1 aliphatic heterocycles. The van der Waals surface area contributed by atoms with Gasteiger partial charge in [-0.15, -0.1) is 0 Å². The van der Waals surface area contributed by atoms with Gasteiger partial charge in [0.05, 0.1) is 17.7 Å². The van der Waals surface area contributed by atoms with Crippen LogP contribution in [-0.2, 0) is 10.2 Å². The van der Waals surface area contributed by atoms with Crippen LogP contribution in [0.1, 0.15) is 45.9 Å². The molecule has 3 aromatic rings. The molecule has 1 amide bonds. The number of methoxy groups -OCH3 is 1. The zero-order valence-corrected chi connectivity index (χ0v) is 19.8. The Morgan fingerprint density at radius 1 is 1.12 bits per heavy atom. The molecule has 1 aromatic heterocycles. The fourth-order valence-electron chi connectivity index (χ4n) is 5.58. The summed E-state index contributed by atoms with van der Waals surface area (Å²) >= 11 is 1.54. The van der Waals surface area contributed by atoms with Gasteiger partial charge in [-0.25, -0.2) is 0 Å². The number of nitrogens with one attached hydrogen (secondary N) is 1. The van der Waals surface area contributed by atoms with Crippen molar-refractivity contribution in [3.63, 3.8) is 0 Å². The third-order valence-corrected chi connectivity index (χ3v) is 7.91. The second kappa shape index (κ2) is 9.64. The third-order valence-electron chi connectivity index (χ3n) is 7.23. The van der Waals surface area contributed by atoms with Gasteiger partial charge < -0.3 is 10.1 Å². The number of ether oxygens (including phenoxy) is 1. The summed E-state index contributed by atoms with van der Waals surface area (Å²) in [6.45, 7) is 2.97. The maximum Gasteiger partial charge on any atom is 0.252 e. The fraction of sp³-hybridized carbons (Fsp3) is 0.321. The molecule has 0 unspecified atom stereocenters. The van der Waals surface area contributed by atoms with Gasteiger partial charge in [0.2, 0.25) is 0 Å². The number of nitrogens with zero attached hydrogens (tertiary/aromatic N) is 1. The molecule has 1 spiro atoms. The van der Waals surface area contributed by atoms with Crippen molar-refractivity contribution in [2.75, 3.05) is 26.7 Å². The first-order valence-corrected chi connectivity index (χ1v) is 12.5. The van der Waals surface area contributed by atoms with Crippen molar-refractivity contribution in [2.24, 2.45) is 0 Å². The molecule has 5 heteroatoms. The summed E-state index contributed by atoms with van der Waals surface area (Å²) < 4.78 is 6.15. The quantitative estimate of drug-likeness (QED) is 0.545. The van der Waals surface area contributed by atoms with Crippen molar-refractivity contribution in [3.05, 3.63) is 99.8 Å². The van der Waals surface area contributed by atoms with Crippen LogP contribution in [0.3, 0.4) is 0 Å². The van der Waals surface area contributed by atoms with E-state index in [1.54, 1.807) is 18.4 Å². The highest BCUT2D eigenvalue weighted by Crippen LogP contribution is 2.52. The van der Waals surface area contributed by atoms with Crippen LogP contribution < -0.4 is 5.32 Å². The molecular weight excluding hydrogens is 428 g/mol. The van der Waals surface area contributed by atoms with Gasteiger partial charge in [-0.05, 0) is 54.1 Å². The fourth-order valence-corrected chi connectivity index (χ4v) is 6.22. The highest BCUT2D eigenvalue weighted by Gasteiger charge is 2.53. The summed E-state index contributed by atoms with van der Waals surface area (Å²) in [5, 5.41) is 7.13. The standard InChI is InChI=1S/C28H30N2O2S/c1-32-26-25(29-27(31)22-13-19-33-20-22)23-11-5-6-12-24(23)28(26)14-17-30(18-15-28)16-7-10-21-8-3-2-4-9-21/h2-13,19-20,25-26H,14-18H2,1H3,(H,29,31)/b10-7+/t25-,26+/m0/s1. The minimum absolute atomic E-state index is 0.0290. The number of thiophene rings is 1. The van der Waals surface area contributed by atoms with Crippen LogP contribution in [0.25, 0.3) is 6.08 Å². The van der Waals surface area contributed by atoms with Crippen molar-refractivity contribution in [1.82, 2.24) is 10.2 Å². The van der Waals surface area contributed by atoms with E-state index in [4.69, 9.17) is 4.74 Å². The van der Waals surface area contributed by atoms with Crippen LogP contribution in [0, 0.1) is 0 Å². The molecule has 4 nitrogen and oxygen atoms in total. The zero-order valence-electron chi connectivity index (χ0n) is 18.9. The lowest BCUT2D eigenvalue weighted by molar-refractivity contribution is -0.00973. The molecule has 0 saturated carbocycles. The molecule has 2 atom stereocenters. The van der Waals surface area contributed by atoms with Crippen LogP contribution >= 0.6 is 11.3 Å². The number of fused-ring (bicyclic) bond motifs is 2. The van der Waals surface area contributed by atoms with Crippen molar-refractivity contribution < 1.29 is 9.53 Å². The Morgan fingerprint density at radius 3 is 2.61 bits per heavy atom. The largest absolute Gasteiger partial charge is 0.378 e. The molecule has 1 saturated heterocycles. The Kier molecular flexibility index (Phi) is 6.45. The van der Waals surface area contributed by atoms with Crippen LogP contribution in [0.4, 0.5) is 0 Å². The number of rotatable bonds is 6. The number of carbonyl (C=O) groups excluding carboxylic acids is 1. The Morgan fingerprint density at radius 2 is 1.88 bits per heavy atom. The first-order chi connectivity index (χ1) is 16.2. The van der Waals surface area contributed by atoms with Gasteiger partial charge in [-0.2, -0.15) is 11.3 Å². The predicted molar refractivity (Wildman–Crippen MR) is 135 cm³/mol. The minimum Gasteiger partial charge on any atom is -0.378 e. The molecule has 170 valence electrons. The highest BCUT2D eigenvalue weighted by molar-refractivity contribution is 7.08. The van der Waals surface area contributed by atoms with Gasteiger partial charge >= 0.3 is 0 Å². The number of likely N-dealkylation sites (tertiary alicyclic amines) is 1. The smallest absolute Gasteiger partial charge is 0.252 e. The van der Waals surface area contributed by atoms with E-state index in [1.807, 2.05) is 22.9 Å². The Balaban J connectivity index is 1.32. The molecule has 1 fully saturated rings. The lowest BCUT2D eigenvalue weighted by atomic mass is 9.72. The number of benzene rings is 2. The molecular formula is C28H30N2O2S. The second-order valence-corrected chi connectivity index (χ2v) is 9.76. The number of piperidine rings is 1. The molecule has 2 heterocycles. The number of hydrogen-bond acceptors (Lipinski definition) is 4. The second-order valence-electron chi connectivity index (χ2n) is 8.98. The van der Waals surface area contributed by atoms with Gasteiger partial charge in [-0.1, -0.05) is 66.7 Å². The van der Waals surface area contributed by atoms with Crippen molar-refractivity contribution in [3.8, 4) is 0 Å². The molecule has 0 bridgehead atoms. The SMILES string of the molecule is CO[C@@H]1[C@@H](NC(=O)c2ccsc2)c2ccccc2C12CCN(C/C=C/c1ccccc1)CC2. The summed E-state index contributed by atoms with van der Waals surface area (Å²) in [6, 6.07) is 20.8. The summed E-state index contributed by atoms with van der Waals surface area (Å²) in [5.41, 5.74) is 4.42. The van der Waals surface area contributed by atoms with Gasteiger partial charge in [0.1, 0.15) is 0 Å². The maximum absolute atomic E-state index is 12.9. The normalized spacial score (nSPS) is 22.0. The van der Waals surface area contributed by atoms with Crippen LogP contribution in [0.2, 0.25) is 0 Å². The van der Waals surface area contributed by atoms with Crippen molar-refractivity contribution in [2.45, 2.75) is 30.4 Å². The molecule has 1 aliphatic carbocycles. The van der Waals surface area contributed by atoms with Crippen molar-refractivity contribution in [1.29, 1.82) is 0 Å². The molecule has 5 rings (SSSR count). The topological polar surface area (TPSA) is 41.6 Å². The molecule has 2 aliphatic rings. The van der Waals surface area contributed by atoms with E-state index in [1.165, 1.54) is 16.7 Å². The van der Waals surface area contributed by atoms with E-state index in [-0.39, 0.29) is 23.5 Å². The van der Waals surface area contributed by atoms with Crippen LogP contribution in [0.15, 0.2) is 77.5 Å². The predicted octanol–water partition coefficient (Wildman–Crippen LogP) is 5.29. The Hall–Kier alpha value is -2.73. The van der Waals surface area contributed by atoms with Gasteiger partial charge in [-0.3, -0.25) is 9.69 Å². The third kappa shape index (κ3) is 4.29. The van der Waals surface area contributed by atoms with E-state index < -0.39 is 0 Å².